The Balaban J connectivity index is 1.65. The van der Waals surface area contributed by atoms with Gasteiger partial charge in [-0.25, -0.2) is 8.42 Å². The van der Waals surface area contributed by atoms with Crippen molar-refractivity contribution in [1.29, 1.82) is 0 Å². The number of ether oxygens (including phenoxy) is 1. The minimum Gasteiger partial charge on any atom is -0.390 e. The average molecular weight is 360 g/mol. The highest BCUT2D eigenvalue weighted by Crippen LogP contribution is 2.29. The molecule has 3 aromatic rings. The van der Waals surface area contributed by atoms with Gasteiger partial charge < -0.3 is 14.4 Å². The van der Waals surface area contributed by atoms with Crippen molar-refractivity contribution in [3.63, 3.8) is 0 Å². The second-order valence-electron chi connectivity index (χ2n) is 6.29. The molecule has 1 aromatic heterocycles. The first-order chi connectivity index (χ1) is 12.1. The predicted molar refractivity (Wildman–Crippen MR) is 96.8 cm³/mol. The summed E-state index contributed by atoms with van der Waals surface area (Å²) in [6.07, 6.45) is -0.799. The predicted octanol–water partition coefficient (Wildman–Crippen LogP) is 1.77. The topological polar surface area (TPSA) is 71.8 Å². The van der Waals surface area contributed by atoms with Crippen molar-refractivity contribution < 1.29 is 18.3 Å². The molecule has 1 N–H and O–H groups in total. The van der Waals surface area contributed by atoms with Gasteiger partial charge in [-0.2, -0.15) is 4.31 Å². The maximum atomic E-state index is 12.0. The molecule has 7 heteroatoms. The fourth-order valence-corrected chi connectivity index (χ4v) is 4.68. The Morgan fingerprint density at radius 2 is 1.60 bits per heavy atom. The van der Waals surface area contributed by atoms with Gasteiger partial charge in [-0.1, -0.05) is 36.4 Å². The number of fused-ring (bicyclic) bond motifs is 3. The number of rotatable bonds is 4. The number of para-hydroxylation sites is 2. The first-order valence-corrected chi connectivity index (χ1v) is 9.87. The van der Waals surface area contributed by atoms with E-state index in [1.165, 1.54) is 4.31 Å². The van der Waals surface area contributed by atoms with E-state index < -0.39 is 16.1 Å². The quantitative estimate of drug-likeness (QED) is 0.770. The van der Waals surface area contributed by atoms with Crippen LogP contribution in [0, 0.1) is 0 Å². The molecule has 1 unspecified atom stereocenters. The summed E-state index contributed by atoms with van der Waals surface area (Å²) < 4.78 is 32.4. The van der Waals surface area contributed by atoms with Gasteiger partial charge in [0.15, 0.2) is 5.94 Å². The molecule has 1 atom stereocenters. The van der Waals surface area contributed by atoms with E-state index in [9.17, 15) is 13.5 Å². The lowest BCUT2D eigenvalue weighted by molar-refractivity contribution is 0.0919. The minimum absolute atomic E-state index is 0.0759. The Hall–Kier alpha value is -1.93. The highest BCUT2D eigenvalue weighted by atomic mass is 32.2. The van der Waals surface area contributed by atoms with Crippen LogP contribution in [-0.2, 0) is 21.3 Å². The third-order valence-corrected chi connectivity index (χ3v) is 6.18. The monoisotopic (exact) mass is 360 g/mol. The highest BCUT2D eigenvalue weighted by molar-refractivity contribution is 7.88. The molecular formula is C18H20N2O4S. The van der Waals surface area contributed by atoms with Crippen LogP contribution in [0.25, 0.3) is 21.8 Å². The molecule has 0 saturated carbocycles. The Morgan fingerprint density at radius 1 is 1.00 bits per heavy atom. The van der Waals surface area contributed by atoms with Crippen LogP contribution in [0.1, 0.15) is 0 Å². The molecule has 1 aliphatic rings. The van der Waals surface area contributed by atoms with Gasteiger partial charge >= 0.3 is 0 Å². The van der Waals surface area contributed by atoms with Crippen molar-refractivity contribution in [1.82, 2.24) is 8.87 Å². The van der Waals surface area contributed by atoms with E-state index in [-0.39, 0.29) is 19.0 Å². The Morgan fingerprint density at radius 3 is 2.20 bits per heavy atom. The van der Waals surface area contributed by atoms with Crippen LogP contribution in [0.3, 0.4) is 0 Å². The largest absolute Gasteiger partial charge is 0.390 e. The average Bonchev–Trinajstić information content (AvgIpc) is 2.91. The van der Waals surface area contributed by atoms with Gasteiger partial charge in [0, 0.05) is 34.9 Å². The second kappa shape index (κ2) is 6.42. The van der Waals surface area contributed by atoms with Gasteiger partial charge in [0.25, 0.3) is 0 Å². The van der Waals surface area contributed by atoms with E-state index in [1.807, 2.05) is 36.4 Å². The summed E-state index contributed by atoms with van der Waals surface area (Å²) in [6.45, 7) is 1.06. The molecule has 4 rings (SSSR count). The fourth-order valence-electron chi connectivity index (χ4n) is 3.45. The van der Waals surface area contributed by atoms with E-state index in [0.717, 1.165) is 21.8 Å². The lowest BCUT2D eigenvalue weighted by Crippen LogP contribution is -2.45. The molecule has 0 aliphatic carbocycles. The number of β-amino-alcohol motifs (C(OH)–C–C–N with tert-alkyl or cyclic N) is 1. The van der Waals surface area contributed by atoms with Crippen molar-refractivity contribution in [3.8, 4) is 0 Å². The molecule has 0 spiro atoms. The molecular weight excluding hydrogens is 340 g/mol. The summed E-state index contributed by atoms with van der Waals surface area (Å²) in [7, 11) is -3.44. The second-order valence-corrected chi connectivity index (χ2v) is 8.21. The molecule has 0 bridgehead atoms. The van der Waals surface area contributed by atoms with Crippen LogP contribution in [0.4, 0.5) is 0 Å². The summed E-state index contributed by atoms with van der Waals surface area (Å²) in [6, 6.07) is 16.1. The molecule has 25 heavy (non-hydrogen) atoms. The van der Waals surface area contributed by atoms with Crippen LogP contribution in [0.15, 0.2) is 48.5 Å². The standard InChI is InChI=1S/C18H20N2O4S/c21-14(11-19-9-10-24-13-25(19,22)23)12-20-17-7-3-1-5-15(17)16-6-2-4-8-18(16)20/h1-8,14,21H,9-13H2. The molecule has 0 amide bonds. The van der Waals surface area contributed by atoms with Crippen molar-refractivity contribution in [2.45, 2.75) is 12.6 Å². The Kier molecular flexibility index (Phi) is 4.24. The highest BCUT2D eigenvalue weighted by Gasteiger charge is 2.28. The van der Waals surface area contributed by atoms with Crippen LogP contribution < -0.4 is 0 Å². The van der Waals surface area contributed by atoms with Crippen molar-refractivity contribution >= 4 is 31.8 Å². The van der Waals surface area contributed by atoms with Gasteiger partial charge in [-0.15, -0.1) is 0 Å². The number of hydrogen-bond acceptors (Lipinski definition) is 4. The van der Waals surface area contributed by atoms with E-state index in [0.29, 0.717) is 13.2 Å². The third kappa shape index (κ3) is 3.04. The summed E-state index contributed by atoms with van der Waals surface area (Å²) >= 11 is 0. The molecule has 6 nitrogen and oxygen atoms in total. The molecule has 1 fully saturated rings. The van der Waals surface area contributed by atoms with E-state index >= 15 is 0 Å². The Labute approximate surface area is 146 Å². The van der Waals surface area contributed by atoms with Gasteiger partial charge in [0.1, 0.15) is 0 Å². The Bertz CT molecular complexity index is 959. The van der Waals surface area contributed by atoms with Crippen molar-refractivity contribution in [2.75, 3.05) is 25.6 Å². The summed E-state index contributed by atoms with van der Waals surface area (Å²) in [4.78, 5) is 0. The van der Waals surface area contributed by atoms with Crippen LogP contribution >= 0.6 is 0 Å². The first-order valence-electron chi connectivity index (χ1n) is 8.26. The summed E-state index contributed by atoms with van der Waals surface area (Å²) in [5.41, 5.74) is 2.07. The zero-order valence-corrected chi connectivity index (χ0v) is 14.5. The number of aliphatic hydroxyl groups excluding tert-OH is 1. The minimum atomic E-state index is -3.44. The number of aromatic nitrogens is 1. The van der Waals surface area contributed by atoms with Crippen LogP contribution in [0.2, 0.25) is 0 Å². The number of aliphatic hydroxyl groups is 1. The molecule has 1 aliphatic heterocycles. The first kappa shape index (κ1) is 16.5. The smallest absolute Gasteiger partial charge is 0.238 e. The normalized spacial score (nSPS) is 19.4. The van der Waals surface area contributed by atoms with Gasteiger partial charge in [0.2, 0.25) is 10.0 Å². The van der Waals surface area contributed by atoms with E-state index in [4.69, 9.17) is 4.74 Å². The summed E-state index contributed by atoms with van der Waals surface area (Å²) in [5.74, 6) is -0.310. The lowest BCUT2D eigenvalue weighted by atomic mass is 10.2. The number of benzene rings is 2. The third-order valence-electron chi connectivity index (χ3n) is 4.60. The SMILES string of the molecule is O=S1(=O)COCCN1CC(O)Cn1c2ccccc2c2ccccc21. The maximum absolute atomic E-state index is 12.0. The number of hydrogen-bond donors (Lipinski definition) is 1. The van der Waals surface area contributed by atoms with Gasteiger partial charge in [-0.3, -0.25) is 0 Å². The zero-order valence-electron chi connectivity index (χ0n) is 13.7. The van der Waals surface area contributed by atoms with Crippen molar-refractivity contribution in [3.05, 3.63) is 48.5 Å². The van der Waals surface area contributed by atoms with E-state index in [1.54, 1.807) is 0 Å². The van der Waals surface area contributed by atoms with E-state index in [2.05, 4.69) is 16.7 Å². The fraction of sp³-hybridized carbons (Fsp3) is 0.333. The molecule has 1 saturated heterocycles. The summed E-state index contributed by atoms with van der Waals surface area (Å²) in [5, 5.41) is 12.8. The van der Waals surface area contributed by atoms with Crippen LogP contribution in [-0.4, -0.2) is 54.1 Å². The zero-order chi connectivity index (χ0) is 17.4. The maximum Gasteiger partial charge on any atom is 0.238 e. The molecule has 132 valence electrons. The number of sulfonamides is 1. The molecule has 2 heterocycles. The molecule has 0 radical (unpaired) electrons. The van der Waals surface area contributed by atoms with Crippen molar-refractivity contribution in [2.24, 2.45) is 0 Å². The lowest BCUT2D eigenvalue weighted by Gasteiger charge is -2.28. The van der Waals surface area contributed by atoms with Gasteiger partial charge in [0.05, 0.1) is 19.3 Å². The molecule has 2 aromatic carbocycles. The van der Waals surface area contributed by atoms with Crippen LogP contribution in [0.5, 0.6) is 0 Å². The number of nitrogens with zero attached hydrogens (tertiary/aromatic N) is 2. The van der Waals surface area contributed by atoms with Gasteiger partial charge in [-0.05, 0) is 12.1 Å².